The van der Waals surface area contributed by atoms with E-state index < -0.39 is 0 Å². The molecule has 1 N–H and O–H groups in total. The Bertz CT molecular complexity index is 571. The molecule has 110 valence electrons. The second-order valence-corrected chi connectivity index (χ2v) is 5.55. The minimum atomic E-state index is 0.188. The summed E-state index contributed by atoms with van der Waals surface area (Å²) in [5.74, 6) is 1.22. The molecule has 1 aliphatic carbocycles. The highest BCUT2D eigenvalue weighted by Gasteiger charge is 2.20. The lowest BCUT2D eigenvalue weighted by Gasteiger charge is -2.20. The van der Waals surface area contributed by atoms with Crippen LogP contribution < -0.4 is 5.32 Å². The molecule has 0 atom stereocenters. The number of amides is 1. The molecule has 21 heavy (non-hydrogen) atoms. The molecule has 5 heteroatoms. The summed E-state index contributed by atoms with van der Waals surface area (Å²) in [5, 5.41) is 3.02. The first-order chi connectivity index (χ1) is 10.3. The van der Waals surface area contributed by atoms with Crippen LogP contribution in [0.4, 0.5) is 0 Å². The van der Waals surface area contributed by atoms with Crippen molar-refractivity contribution in [1.82, 2.24) is 19.9 Å². The molecule has 5 nitrogen and oxygen atoms in total. The highest BCUT2D eigenvalue weighted by Crippen LogP contribution is 2.23. The number of nitrogens with zero attached hydrogens (tertiary/aromatic N) is 3. The lowest BCUT2D eigenvalue weighted by atomic mass is 9.88. The normalized spacial score (nSPS) is 15.8. The van der Waals surface area contributed by atoms with Gasteiger partial charge in [-0.3, -0.25) is 9.36 Å². The second kappa shape index (κ2) is 6.52. The van der Waals surface area contributed by atoms with Crippen LogP contribution >= 0.6 is 0 Å². The van der Waals surface area contributed by atoms with Crippen LogP contribution in [0.15, 0.2) is 37.1 Å². The fourth-order valence-electron chi connectivity index (χ4n) is 2.77. The lowest BCUT2D eigenvalue weighted by molar-refractivity contribution is -0.126. The third-order valence-electron chi connectivity index (χ3n) is 4.02. The summed E-state index contributed by atoms with van der Waals surface area (Å²) in [6.07, 6.45) is 12.8. The molecule has 2 heterocycles. The van der Waals surface area contributed by atoms with E-state index in [0.717, 1.165) is 24.2 Å². The van der Waals surface area contributed by atoms with Crippen LogP contribution in [-0.4, -0.2) is 20.4 Å². The number of aromatic nitrogens is 3. The Morgan fingerprint density at radius 2 is 2.14 bits per heavy atom. The van der Waals surface area contributed by atoms with Crippen LogP contribution in [0.2, 0.25) is 0 Å². The van der Waals surface area contributed by atoms with Gasteiger partial charge in [0.25, 0.3) is 0 Å². The van der Waals surface area contributed by atoms with Gasteiger partial charge < -0.3 is 5.32 Å². The van der Waals surface area contributed by atoms with Crippen LogP contribution in [0.25, 0.3) is 5.82 Å². The minimum absolute atomic E-state index is 0.188. The van der Waals surface area contributed by atoms with Crippen molar-refractivity contribution in [2.45, 2.75) is 38.6 Å². The SMILES string of the molecule is O=C(NCc1ccc(-n2ccnc2)nc1)C1CCCCC1. The summed E-state index contributed by atoms with van der Waals surface area (Å²) in [4.78, 5) is 20.5. The van der Waals surface area contributed by atoms with Crippen LogP contribution in [0.5, 0.6) is 0 Å². The van der Waals surface area contributed by atoms with E-state index in [-0.39, 0.29) is 11.8 Å². The fourth-order valence-corrected chi connectivity index (χ4v) is 2.77. The van der Waals surface area contributed by atoms with Crippen molar-refractivity contribution >= 4 is 5.91 Å². The molecule has 1 fully saturated rings. The average molecular weight is 284 g/mol. The zero-order valence-corrected chi connectivity index (χ0v) is 12.0. The molecule has 0 bridgehead atoms. The van der Waals surface area contributed by atoms with Crippen molar-refractivity contribution in [3.05, 3.63) is 42.6 Å². The monoisotopic (exact) mass is 284 g/mol. The molecular weight excluding hydrogens is 264 g/mol. The van der Waals surface area contributed by atoms with E-state index in [4.69, 9.17) is 0 Å². The van der Waals surface area contributed by atoms with E-state index in [0.29, 0.717) is 6.54 Å². The Balaban J connectivity index is 1.54. The number of nitrogens with one attached hydrogen (secondary N) is 1. The number of hydrogen-bond donors (Lipinski definition) is 1. The van der Waals surface area contributed by atoms with Gasteiger partial charge in [-0.1, -0.05) is 25.3 Å². The predicted molar refractivity (Wildman–Crippen MR) is 79.8 cm³/mol. The maximum Gasteiger partial charge on any atom is 0.223 e. The number of hydrogen-bond acceptors (Lipinski definition) is 3. The molecular formula is C16H20N4O. The van der Waals surface area contributed by atoms with Gasteiger partial charge in [-0.05, 0) is 24.5 Å². The molecule has 0 radical (unpaired) electrons. The molecule has 0 aliphatic heterocycles. The first-order valence-electron chi connectivity index (χ1n) is 7.54. The summed E-state index contributed by atoms with van der Waals surface area (Å²) in [6, 6.07) is 3.92. The topological polar surface area (TPSA) is 59.8 Å². The van der Waals surface area contributed by atoms with Crippen molar-refractivity contribution in [1.29, 1.82) is 0 Å². The quantitative estimate of drug-likeness (QED) is 0.938. The van der Waals surface area contributed by atoms with Gasteiger partial charge in [0.15, 0.2) is 0 Å². The average Bonchev–Trinajstić information content (AvgIpc) is 3.08. The maximum atomic E-state index is 12.1. The number of pyridine rings is 1. The van der Waals surface area contributed by atoms with E-state index in [1.54, 1.807) is 18.7 Å². The van der Waals surface area contributed by atoms with Gasteiger partial charge >= 0.3 is 0 Å². The maximum absolute atomic E-state index is 12.1. The van der Waals surface area contributed by atoms with Crippen LogP contribution in [0, 0.1) is 5.92 Å². The first-order valence-corrected chi connectivity index (χ1v) is 7.54. The Morgan fingerprint density at radius 1 is 1.29 bits per heavy atom. The number of imidazole rings is 1. The molecule has 1 saturated carbocycles. The van der Waals surface area contributed by atoms with Crippen molar-refractivity contribution in [3.8, 4) is 5.82 Å². The van der Waals surface area contributed by atoms with E-state index in [1.165, 1.54) is 19.3 Å². The van der Waals surface area contributed by atoms with Crippen molar-refractivity contribution in [3.63, 3.8) is 0 Å². The summed E-state index contributed by atoms with van der Waals surface area (Å²) in [7, 11) is 0. The summed E-state index contributed by atoms with van der Waals surface area (Å²) >= 11 is 0. The standard InChI is InChI=1S/C16H20N4O/c21-16(14-4-2-1-3-5-14)19-11-13-6-7-15(18-10-13)20-9-8-17-12-20/h6-10,12,14H,1-5,11H2,(H,19,21). The Kier molecular flexibility index (Phi) is 4.28. The van der Waals surface area contributed by atoms with Crippen LogP contribution in [-0.2, 0) is 11.3 Å². The van der Waals surface area contributed by atoms with Crippen molar-refractivity contribution < 1.29 is 4.79 Å². The van der Waals surface area contributed by atoms with Gasteiger partial charge in [-0.15, -0.1) is 0 Å². The number of carbonyl (C=O) groups is 1. The Labute approximate surface area is 124 Å². The fraction of sp³-hybridized carbons (Fsp3) is 0.438. The van der Waals surface area contributed by atoms with E-state index >= 15 is 0 Å². The minimum Gasteiger partial charge on any atom is -0.352 e. The van der Waals surface area contributed by atoms with E-state index in [2.05, 4.69) is 15.3 Å². The zero-order valence-electron chi connectivity index (χ0n) is 12.0. The Hall–Kier alpha value is -2.17. The molecule has 3 rings (SSSR count). The smallest absolute Gasteiger partial charge is 0.223 e. The molecule has 2 aromatic rings. The predicted octanol–water partition coefficient (Wildman–Crippen LogP) is 2.46. The highest BCUT2D eigenvalue weighted by molar-refractivity contribution is 5.78. The third kappa shape index (κ3) is 3.48. The van der Waals surface area contributed by atoms with Gasteiger partial charge in [0.05, 0.1) is 0 Å². The summed E-state index contributed by atoms with van der Waals surface area (Å²) < 4.78 is 1.85. The first kappa shape index (κ1) is 13.8. The largest absolute Gasteiger partial charge is 0.352 e. The van der Waals surface area contributed by atoms with Gasteiger partial charge in [0.1, 0.15) is 12.1 Å². The molecule has 2 aromatic heterocycles. The van der Waals surface area contributed by atoms with E-state index in [9.17, 15) is 4.79 Å². The molecule has 0 spiro atoms. The van der Waals surface area contributed by atoms with Crippen molar-refractivity contribution in [2.24, 2.45) is 5.92 Å². The molecule has 1 amide bonds. The van der Waals surface area contributed by atoms with Crippen LogP contribution in [0.3, 0.4) is 0 Å². The third-order valence-corrected chi connectivity index (χ3v) is 4.02. The second-order valence-electron chi connectivity index (χ2n) is 5.55. The van der Waals surface area contributed by atoms with Crippen LogP contribution in [0.1, 0.15) is 37.7 Å². The molecule has 1 aliphatic rings. The molecule has 0 unspecified atom stereocenters. The van der Waals surface area contributed by atoms with Gasteiger partial charge in [0, 0.05) is 31.1 Å². The van der Waals surface area contributed by atoms with Gasteiger partial charge in [-0.25, -0.2) is 9.97 Å². The zero-order chi connectivity index (χ0) is 14.5. The van der Waals surface area contributed by atoms with Gasteiger partial charge in [-0.2, -0.15) is 0 Å². The lowest BCUT2D eigenvalue weighted by Crippen LogP contribution is -2.31. The summed E-state index contributed by atoms with van der Waals surface area (Å²) in [5.41, 5.74) is 1.02. The Morgan fingerprint density at radius 3 is 2.81 bits per heavy atom. The highest BCUT2D eigenvalue weighted by atomic mass is 16.1. The van der Waals surface area contributed by atoms with Crippen molar-refractivity contribution in [2.75, 3.05) is 0 Å². The molecule has 0 saturated heterocycles. The van der Waals surface area contributed by atoms with Gasteiger partial charge in [0.2, 0.25) is 5.91 Å². The molecule has 0 aromatic carbocycles. The number of rotatable bonds is 4. The number of carbonyl (C=O) groups excluding carboxylic acids is 1. The van der Waals surface area contributed by atoms with E-state index in [1.807, 2.05) is 22.9 Å². The summed E-state index contributed by atoms with van der Waals surface area (Å²) in [6.45, 7) is 0.548.